The summed E-state index contributed by atoms with van der Waals surface area (Å²) in [7, 11) is 4.04. The van der Waals surface area contributed by atoms with Crippen molar-refractivity contribution >= 4 is 17.3 Å². The second kappa shape index (κ2) is 7.69. The van der Waals surface area contributed by atoms with E-state index < -0.39 is 0 Å². The first-order valence-corrected chi connectivity index (χ1v) is 9.42. The lowest BCUT2D eigenvalue weighted by Gasteiger charge is -2.22. The summed E-state index contributed by atoms with van der Waals surface area (Å²) < 4.78 is 0. The van der Waals surface area contributed by atoms with Crippen molar-refractivity contribution in [1.82, 2.24) is 5.01 Å². The molecule has 0 N–H and O–H groups in total. The summed E-state index contributed by atoms with van der Waals surface area (Å²) >= 11 is 0. The average Bonchev–Trinajstić information content (AvgIpc) is 3.20. The van der Waals surface area contributed by atoms with Crippen LogP contribution in [0.25, 0.3) is 0 Å². The van der Waals surface area contributed by atoms with Gasteiger partial charge in [-0.3, -0.25) is 4.79 Å². The zero-order valence-electron chi connectivity index (χ0n) is 16.1. The quantitative estimate of drug-likeness (QED) is 0.666. The van der Waals surface area contributed by atoms with Gasteiger partial charge >= 0.3 is 0 Å². The van der Waals surface area contributed by atoms with Crippen LogP contribution in [0, 0.1) is 0 Å². The van der Waals surface area contributed by atoms with Gasteiger partial charge in [0.05, 0.1) is 11.8 Å². The highest BCUT2D eigenvalue weighted by Gasteiger charge is 2.33. The van der Waals surface area contributed by atoms with Gasteiger partial charge in [-0.1, -0.05) is 60.7 Å². The maximum absolute atomic E-state index is 13.2. The predicted molar refractivity (Wildman–Crippen MR) is 114 cm³/mol. The van der Waals surface area contributed by atoms with E-state index >= 15 is 0 Å². The Morgan fingerprint density at radius 3 is 2.11 bits per heavy atom. The second-order valence-electron chi connectivity index (χ2n) is 7.13. The molecular weight excluding hydrogens is 346 g/mol. The Morgan fingerprint density at radius 1 is 0.893 bits per heavy atom. The molecule has 1 aliphatic rings. The molecule has 1 heterocycles. The molecule has 0 saturated heterocycles. The van der Waals surface area contributed by atoms with E-state index in [-0.39, 0.29) is 11.9 Å². The molecule has 140 valence electrons. The van der Waals surface area contributed by atoms with Crippen molar-refractivity contribution < 1.29 is 4.79 Å². The molecule has 0 bridgehead atoms. The van der Waals surface area contributed by atoms with Gasteiger partial charge in [-0.05, 0) is 35.4 Å². The lowest BCUT2D eigenvalue weighted by molar-refractivity contribution is 0.0711. The molecule has 0 saturated carbocycles. The van der Waals surface area contributed by atoms with Crippen molar-refractivity contribution in [3.05, 3.63) is 102 Å². The molecule has 28 heavy (non-hydrogen) atoms. The third kappa shape index (κ3) is 3.54. The van der Waals surface area contributed by atoms with Crippen molar-refractivity contribution in [2.24, 2.45) is 5.10 Å². The van der Waals surface area contributed by atoms with Crippen molar-refractivity contribution in [2.75, 3.05) is 19.0 Å². The van der Waals surface area contributed by atoms with Crippen LogP contribution in [0.1, 0.15) is 33.9 Å². The zero-order chi connectivity index (χ0) is 19.5. The monoisotopic (exact) mass is 369 g/mol. The number of rotatable bonds is 4. The van der Waals surface area contributed by atoms with Gasteiger partial charge in [-0.25, -0.2) is 5.01 Å². The van der Waals surface area contributed by atoms with Gasteiger partial charge in [0, 0.05) is 31.8 Å². The third-order valence-electron chi connectivity index (χ3n) is 5.04. The van der Waals surface area contributed by atoms with Gasteiger partial charge in [-0.15, -0.1) is 0 Å². The molecule has 1 amide bonds. The SMILES string of the molecule is CN(C)c1ccc(C2=NN(C(=O)c3ccccc3)[C@H](c3ccccc3)C2)cc1. The number of benzene rings is 3. The lowest BCUT2D eigenvalue weighted by atomic mass is 9.98. The molecule has 0 radical (unpaired) electrons. The van der Waals surface area contributed by atoms with Crippen molar-refractivity contribution in [3.8, 4) is 0 Å². The van der Waals surface area contributed by atoms with Gasteiger partial charge in [0.25, 0.3) is 5.91 Å². The van der Waals surface area contributed by atoms with Crippen LogP contribution in [0.3, 0.4) is 0 Å². The Bertz CT molecular complexity index is 979. The van der Waals surface area contributed by atoms with Gasteiger partial charge in [0.15, 0.2) is 0 Å². The second-order valence-corrected chi connectivity index (χ2v) is 7.13. The van der Waals surface area contributed by atoms with Crippen LogP contribution in [0.5, 0.6) is 0 Å². The van der Waals surface area contributed by atoms with Crippen molar-refractivity contribution in [1.29, 1.82) is 0 Å². The van der Waals surface area contributed by atoms with E-state index in [4.69, 9.17) is 5.10 Å². The van der Waals surface area contributed by atoms with Gasteiger partial charge in [0.2, 0.25) is 0 Å². The lowest BCUT2D eigenvalue weighted by Crippen LogP contribution is -2.27. The molecular formula is C24H23N3O. The van der Waals surface area contributed by atoms with Crippen LogP contribution in [0.2, 0.25) is 0 Å². The Hall–Kier alpha value is -3.40. The van der Waals surface area contributed by atoms with Gasteiger partial charge < -0.3 is 4.90 Å². The molecule has 1 atom stereocenters. The van der Waals surface area contributed by atoms with Crippen LogP contribution < -0.4 is 4.90 Å². The highest BCUT2D eigenvalue weighted by Crippen LogP contribution is 2.34. The van der Waals surface area contributed by atoms with Crippen LogP contribution in [0.4, 0.5) is 5.69 Å². The molecule has 4 heteroatoms. The van der Waals surface area contributed by atoms with Gasteiger partial charge in [-0.2, -0.15) is 5.10 Å². The Kier molecular flexibility index (Phi) is 4.94. The maximum atomic E-state index is 13.2. The Labute approximate surface area is 165 Å². The fourth-order valence-corrected chi connectivity index (χ4v) is 3.47. The summed E-state index contributed by atoms with van der Waals surface area (Å²) in [4.78, 5) is 15.2. The van der Waals surface area contributed by atoms with Crippen LogP contribution in [-0.4, -0.2) is 30.7 Å². The molecule has 0 aliphatic carbocycles. The number of hydrogen-bond acceptors (Lipinski definition) is 3. The average molecular weight is 369 g/mol. The number of hydrazone groups is 1. The van der Waals surface area contributed by atoms with Crippen molar-refractivity contribution in [3.63, 3.8) is 0 Å². The standard InChI is InChI=1S/C24H23N3O/c1-26(2)21-15-13-18(14-16-21)22-17-23(19-9-5-3-6-10-19)27(25-22)24(28)20-11-7-4-8-12-20/h3-16,23H,17H2,1-2H3/t23-/m0/s1. The van der Waals surface area contributed by atoms with E-state index in [1.165, 1.54) is 0 Å². The van der Waals surface area contributed by atoms with Crippen LogP contribution in [0.15, 0.2) is 90.0 Å². The van der Waals surface area contributed by atoms with Crippen LogP contribution >= 0.6 is 0 Å². The molecule has 0 unspecified atom stereocenters. The number of hydrogen-bond donors (Lipinski definition) is 0. The topological polar surface area (TPSA) is 35.9 Å². The number of anilines is 1. The van der Waals surface area contributed by atoms with Crippen molar-refractivity contribution in [2.45, 2.75) is 12.5 Å². The largest absolute Gasteiger partial charge is 0.378 e. The summed E-state index contributed by atoms with van der Waals surface area (Å²) in [5.74, 6) is -0.0747. The summed E-state index contributed by atoms with van der Waals surface area (Å²) in [6.07, 6.45) is 0.698. The molecule has 3 aromatic rings. The van der Waals surface area contributed by atoms with Gasteiger partial charge in [0.1, 0.15) is 0 Å². The first-order valence-electron chi connectivity index (χ1n) is 9.42. The summed E-state index contributed by atoms with van der Waals surface area (Å²) in [6.45, 7) is 0. The van der Waals surface area contributed by atoms with E-state index in [1.807, 2.05) is 62.6 Å². The fourth-order valence-electron chi connectivity index (χ4n) is 3.47. The number of amides is 1. The molecule has 0 spiro atoms. The Balaban J connectivity index is 1.69. The first-order chi connectivity index (χ1) is 13.6. The Morgan fingerprint density at radius 2 is 1.50 bits per heavy atom. The summed E-state index contributed by atoms with van der Waals surface area (Å²) in [6, 6.07) is 27.7. The zero-order valence-corrected chi connectivity index (χ0v) is 16.1. The highest BCUT2D eigenvalue weighted by atomic mass is 16.2. The number of carbonyl (C=O) groups excluding carboxylic acids is 1. The first kappa shape index (κ1) is 18.0. The predicted octanol–water partition coefficient (Wildman–Crippen LogP) is 4.74. The molecule has 3 aromatic carbocycles. The molecule has 0 aromatic heterocycles. The molecule has 4 nitrogen and oxygen atoms in total. The summed E-state index contributed by atoms with van der Waals surface area (Å²) in [5, 5.41) is 6.39. The van der Waals surface area contributed by atoms with Crippen LogP contribution in [-0.2, 0) is 0 Å². The van der Waals surface area contributed by atoms with E-state index in [0.29, 0.717) is 12.0 Å². The fraction of sp³-hybridized carbons (Fsp3) is 0.167. The van der Waals surface area contributed by atoms with E-state index in [2.05, 4.69) is 41.3 Å². The maximum Gasteiger partial charge on any atom is 0.274 e. The molecule has 0 fully saturated rings. The highest BCUT2D eigenvalue weighted by molar-refractivity contribution is 6.05. The van der Waals surface area contributed by atoms with E-state index in [0.717, 1.165) is 22.5 Å². The normalized spacial score (nSPS) is 16.0. The third-order valence-corrected chi connectivity index (χ3v) is 5.04. The minimum absolute atomic E-state index is 0.0747. The smallest absolute Gasteiger partial charge is 0.274 e. The van der Waals surface area contributed by atoms with E-state index in [1.54, 1.807) is 5.01 Å². The number of nitrogens with zero attached hydrogens (tertiary/aromatic N) is 3. The minimum Gasteiger partial charge on any atom is -0.378 e. The minimum atomic E-state index is -0.0996. The molecule has 4 rings (SSSR count). The number of carbonyl (C=O) groups is 1. The van der Waals surface area contributed by atoms with E-state index in [9.17, 15) is 4.79 Å². The molecule has 1 aliphatic heterocycles. The summed E-state index contributed by atoms with van der Waals surface area (Å²) in [5.41, 5.74) is 4.87.